The predicted octanol–water partition coefficient (Wildman–Crippen LogP) is 4.17. The average molecular weight is 388 g/mol. The molecule has 1 rings (SSSR count). The van der Waals surface area contributed by atoms with Crippen LogP contribution in [0.5, 0.6) is 5.88 Å². The van der Waals surface area contributed by atoms with E-state index >= 15 is 0 Å². The van der Waals surface area contributed by atoms with Gasteiger partial charge in [0, 0.05) is 18.2 Å². The highest BCUT2D eigenvalue weighted by Crippen LogP contribution is 2.22. The summed E-state index contributed by atoms with van der Waals surface area (Å²) in [6, 6.07) is 1.30. The lowest BCUT2D eigenvalue weighted by Gasteiger charge is -2.14. The average Bonchev–Trinajstić information content (AvgIpc) is 2.55. The van der Waals surface area contributed by atoms with Gasteiger partial charge in [-0.15, -0.1) is 0 Å². The Morgan fingerprint density at radius 1 is 0.962 bits per heavy atom. The van der Waals surface area contributed by atoms with E-state index < -0.39 is 15.9 Å². The summed E-state index contributed by atoms with van der Waals surface area (Å²) in [7, 11) is -4.27. The molecule has 0 atom stereocenters. The van der Waals surface area contributed by atoms with Crippen LogP contribution in [-0.4, -0.2) is 22.6 Å². The SMILES string of the molecule is CCCCCCCCCCCCn1c(O)c(CS(=O)(=O)O)c(C)cc1=O. The number of hydrogen-bond acceptors (Lipinski definition) is 4. The maximum absolute atomic E-state index is 12.1. The molecule has 0 spiro atoms. The number of pyridine rings is 1. The van der Waals surface area contributed by atoms with Gasteiger partial charge in [-0.05, 0) is 18.9 Å². The second-order valence-corrected chi connectivity index (χ2v) is 8.48. The molecule has 7 heteroatoms. The molecule has 1 heterocycles. The molecule has 26 heavy (non-hydrogen) atoms. The summed E-state index contributed by atoms with van der Waals surface area (Å²) >= 11 is 0. The lowest BCUT2D eigenvalue weighted by Crippen LogP contribution is -2.22. The Labute approximate surface area is 157 Å². The van der Waals surface area contributed by atoms with Gasteiger partial charge in [0.2, 0.25) is 0 Å². The van der Waals surface area contributed by atoms with E-state index in [-0.39, 0.29) is 17.0 Å². The van der Waals surface area contributed by atoms with Crippen LogP contribution in [0.4, 0.5) is 0 Å². The molecule has 150 valence electrons. The summed E-state index contributed by atoms with van der Waals surface area (Å²) in [6.07, 6.45) is 11.7. The van der Waals surface area contributed by atoms with Crippen LogP contribution in [0, 0.1) is 6.92 Å². The van der Waals surface area contributed by atoms with Gasteiger partial charge in [0.05, 0.1) is 0 Å². The Morgan fingerprint density at radius 3 is 1.96 bits per heavy atom. The van der Waals surface area contributed by atoms with Crippen molar-refractivity contribution in [1.29, 1.82) is 0 Å². The van der Waals surface area contributed by atoms with Crippen molar-refractivity contribution in [2.45, 2.75) is 90.4 Å². The zero-order valence-corrected chi connectivity index (χ0v) is 16.9. The van der Waals surface area contributed by atoms with E-state index in [1.54, 1.807) is 6.92 Å². The molecular formula is C19H33NO5S. The summed E-state index contributed by atoms with van der Waals surface area (Å²) in [5.74, 6) is -1.05. The molecule has 0 bridgehead atoms. The van der Waals surface area contributed by atoms with Crippen LogP contribution >= 0.6 is 0 Å². The van der Waals surface area contributed by atoms with E-state index in [1.807, 2.05) is 0 Å². The minimum Gasteiger partial charge on any atom is -0.494 e. The zero-order valence-electron chi connectivity index (χ0n) is 16.0. The number of aromatic nitrogens is 1. The molecule has 1 aromatic heterocycles. The second kappa shape index (κ2) is 11.4. The Bertz CT molecular complexity index is 709. The van der Waals surface area contributed by atoms with Gasteiger partial charge < -0.3 is 5.11 Å². The molecular weight excluding hydrogens is 354 g/mol. The maximum atomic E-state index is 12.1. The molecule has 0 aliphatic carbocycles. The van der Waals surface area contributed by atoms with Crippen LogP contribution in [0.15, 0.2) is 10.9 Å². The first-order valence-corrected chi connectivity index (χ1v) is 11.2. The highest BCUT2D eigenvalue weighted by molar-refractivity contribution is 7.85. The topological polar surface area (TPSA) is 96.6 Å². The molecule has 6 nitrogen and oxygen atoms in total. The normalized spacial score (nSPS) is 11.8. The minimum absolute atomic E-state index is 0.0826. The fraction of sp³-hybridized carbons (Fsp3) is 0.737. The molecule has 0 aliphatic rings. The van der Waals surface area contributed by atoms with E-state index in [0.29, 0.717) is 12.1 Å². The summed E-state index contributed by atoms with van der Waals surface area (Å²) in [5.41, 5.74) is 0.0960. The second-order valence-electron chi connectivity index (χ2n) is 7.03. The third-order valence-corrected chi connectivity index (χ3v) is 5.32. The van der Waals surface area contributed by atoms with Crippen LogP contribution in [0.1, 0.15) is 82.3 Å². The van der Waals surface area contributed by atoms with Crippen molar-refractivity contribution in [3.8, 4) is 5.88 Å². The predicted molar refractivity (Wildman–Crippen MR) is 104 cm³/mol. The Balaban J connectivity index is 2.45. The van der Waals surface area contributed by atoms with Crippen molar-refractivity contribution in [2.24, 2.45) is 0 Å². The number of unbranched alkanes of at least 4 members (excludes halogenated alkanes) is 9. The summed E-state index contributed by atoms with van der Waals surface area (Å²) in [5, 5.41) is 10.2. The smallest absolute Gasteiger partial charge is 0.269 e. The first-order chi connectivity index (χ1) is 12.3. The molecule has 0 amide bonds. The van der Waals surface area contributed by atoms with Crippen molar-refractivity contribution >= 4 is 10.1 Å². The third kappa shape index (κ3) is 8.36. The lowest BCUT2D eigenvalue weighted by molar-refractivity contribution is 0.391. The van der Waals surface area contributed by atoms with E-state index in [2.05, 4.69) is 6.92 Å². The van der Waals surface area contributed by atoms with Gasteiger partial charge in [0.1, 0.15) is 5.75 Å². The Hall–Kier alpha value is -1.34. The highest BCUT2D eigenvalue weighted by atomic mass is 32.2. The van der Waals surface area contributed by atoms with Crippen LogP contribution in [-0.2, 0) is 22.4 Å². The summed E-state index contributed by atoms with van der Waals surface area (Å²) in [6.45, 7) is 4.11. The molecule has 0 radical (unpaired) electrons. The van der Waals surface area contributed by atoms with Crippen molar-refractivity contribution in [3.63, 3.8) is 0 Å². The van der Waals surface area contributed by atoms with Gasteiger partial charge in [0.25, 0.3) is 15.7 Å². The van der Waals surface area contributed by atoms with Gasteiger partial charge in [0.15, 0.2) is 5.88 Å². The van der Waals surface area contributed by atoms with Crippen LogP contribution in [0.2, 0.25) is 0 Å². The van der Waals surface area contributed by atoms with E-state index in [0.717, 1.165) is 19.3 Å². The van der Waals surface area contributed by atoms with Gasteiger partial charge in [-0.2, -0.15) is 8.42 Å². The van der Waals surface area contributed by atoms with Crippen LogP contribution in [0.3, 0.4) is 0 Å². The minimum atomic E-state index is -4.27. The van der Waals surface area contributed by atoms with E-state index in [4.69, 9.17) is 4.55 Å². The van der Waals surface area contributed by atoms with Crippen molar-refractivity contribution < 1.29 is 18.1 Å². The van der Waals surface area contributed by atoms with Gasteiger partial charge in [-0.1, -0.05) is 64.7 Å². The Kier molecular flexibility index (Phi) is 9.94. The highest BCUT2D eigenvalue weighted by Gasteiger charge is 2.17. The first-order valence-electron chi connectivity index (χ1n) is 9.63. The van der Waals surface area contributed by atoms with Crippen molar-refractivity contribution in [2.75, 3.05) is 0 Å². The quantitative estimate of drug-likeness (QED) is 0.391. The van der Waals surface area contributed by atoms with E-state index in [1.165, 1.54) is 55.6 Å². The fourth-order valence-electron chi connectivity index (χ4n) is 3.13. The monoisotopic (exact) mass is 387 g/mol. The molecule has 0 aliphatic heterocycles. The van der Waals surface area contributed by atoms with Crippen molar-refractivity contribution in [3.05, 3.63) is 27.5 Å². The number of hydrogen-bond donors (Lipinski definition) is 2. The third-order valence-electron chi connectivity index (χ3n) is 4.67. The number of rotatable bonds is 13. The molecule has 2 N–H and O–H groups in total. The number of aromatic hydroxyl groups is 1. The van der Waals surface area contributed by atoms with Crippen LogP contribution < -0.4 is 5.56 Å². The number of aryl methyl sites for hydroxylation is 1. The summed E-state index contributed by atoms with van der Waals surface area (Å²) in [4.78, 5) is 12.1. The molecule has 0 aromatic carbocycles. The van der Waals surface area contributed by atoms with Gasteiger partial charge in [-0.25, -0.2) is 0 Å². The van der Waals surface area contributed by atoms with Gasteiger partial charge >= 0.3 is 0 Å². The van der Waals surface area contributed by atoms with Crippen molar-refractivity contribution in [1.82, 2.24) is 4.57 Å². The zero-order chi connectivity index (χ0) is 19.6. The molecule has 0 fully saturated rings. The molecule has 1 aromatic rings. The van der Waals surface area contributed by atoms with Gasteiger partial charge in [-0.3, -0.25) is 13.9 Å². The number of nitrogens with zero attached hydrogens (tertiary/aromatic N) is 1. The molecule has 0 saturated heterocycles. The Morgan fingerprint density at radius 2 is 1.46 bits per heavy atom. The standard InChI is InChI=1S/C19H33NO5S/c1-3-4-5-6-7-8-9-10-11-12-13-20-18(21)14-16(2)17(19(20)22)15-26(23,24)25/h14,22H,3-13,15H2,1-2H3,(H,23,24,25). The molecule has 0 unspecified atom stereocenters. The van der Waals surface area contributed by atoms with Crippen LogP contribution in [0.25, 0.3) is 0 Å². The van der Waals surface area contributed by atoms with E-state index in [9.17, 15) is 18.3 Å². The summed E-state index contributed by atoms with van der Waals surface area (Å²) < 4.78 is 32.4. The first kappa shape index (κ1) is 22.7. The molecule has 0 saturated carbocycles. The largest absolute Gasteiger partial charge is 0.494 e. The maximum Gasteiger partial charge on any atom is 0.269 e. The lowest BCUT2D eigenvalue weighted by atomic mass is 10.1. The fourth-order valence-corrected chi connectivity index (χ4v) is 3.85.